The Kier molecular flexibility index (Phi) is 4.16. The summed E-state index contributed by atoms with van der Waals surface area (Å²) in [6.07, 6.45) is 1.47. The summed E-state index contributed by atoms with van der Waals surface area (Å²) >= 11 is 1.28. The van der Waals surface area contributed by atoms with Crippen molar-refractivity contribution in [1.82, 2.24) is 0 Å². The van der Waals surface area contributed by atoms with Crippen LogP contribution in [0.2, 0.25) is 0 Å². The average molecular weight is 245 g/mol. The minimum absolute atomic E-state index is 0.0106. The number of hydrogen-bond acceptors (Lipinski definition) is 4. The van der Waals surface area contributed by atoms with Gasteiger partial charge in [-0.1, -0.05) is 0 Å². The molecule has 1 rings (SSSR count). The molecule has 0 radical (unpaired) electrons. The van der Waals surface area contributed by atoms with E-state index in [2.05, 4.69) is 5.32 Å². The standard InChI is InChI=1S/C9H11NO3S2/c1-6(11)10-9-7(3-4-14-9)8(12)5-15(2)13/h3-4H,5H2,1-2H3,(H,10,11). The van der Waals surface area contributed by atoms with Crippen LogP contribution >= 0.6 is 11.3 Å². The monoisotopic (exact) mass is 245 g/mol. The zero-order valence-electron chi connectivity index (χ0n) is 8.40. The van der Waals surface area contributed by atoms with Gasteiger partial charge >= 0.3 is 0 Å². The second kappa shape index (κ2) is 5.18. The van der Waals surface area contributed by atoms with Gasteiger partial charge in [-0.3, -0.25) is 13.8 Å². The van der Waals surface area contributed by atoms with E-state index in [1.807, 2.05) is 0 Å². The van der Waals surface area contributed by atoms with Gasteiger partial charge in [0.2, 0.25) is 5.91 Å². The SMILES string of the molecule is CC(=O)Nc1sccc1C(=O)CS(C)=O. The highest BCUT2D eigenvalue weighted by atomic mass is 32.2. The van der Waals surface area contributed by atoms with Gasteiger partial charge in [0.05, 0.1) is 11.3 Å². The van der Waals surface area contributed by atoms with Crippen molar-refractivity contribution in [2.75, 3.05) is 17.3 Å². The maximum absolute atomic E-state index is 11.6. The van der Waals surface area contributed by atoms with Gasteiger partial charge < -0.3 is 5.32 Å². The Balaban J connectivity index is 2.84. The van der Waals surface area contributed by atoms with Gasteiger partial charge in [-0.15, -0.1) is 11.3 Å². The van der Waals surface area contributed by atoms with Gasteiger partial charge in [0.25, 0.3) is 0 Å². The molecule has 6 heteroatoms. The molecule has 0 aliphatic carbocycles. The molecule has 1 heterocycles. The molecule has 1 N–H and O–H groups in total. The number of nitrogens with one attached hydrogen (secondary N) is 1. The van der Waals surface area contributed by atoms with Crippen LogP contribution in [0.15, 0.2) is 11.4 Å². The molecular weight excluding hydrogens is 234 g/mol. The van der Waals surface area contributed by atoms with Crippen LogP contribution in [0, 0.1) is 0 Å². The van der Waals surface area contributed by atoms with Crippen LogP contribution in [-0.2, 0) is 15.6 Å². The second-order valence-corrected chi connectivity index (χ2v) is 5.34. The van der Waals surface area contributed by atoms with Gasteiger partial charge in [0.1, 0.15) is 5.00 Å². The highest BCUT2D eigenvalue weighted by Gasteiger charge is 2.14. The fourth-order valence-corrected chi connectivity index (χ4v) is 2.42. The van der Waals surface area contributed by atoms with Crippen molar-refractivity contribution in [1.29, 1.82) is 0 Å². The molecule has 0 spiro atoms. The molecule has 0 aromatic carbocycles. The van der Waals surface area contributed by atoms with Crippen LogP contribution < -0.4 is 5.32 Å². The Morgan fingerprint density at radius 1 is 1.53 bits per heavy atom. The maximum Gasteiger partial charge on any atom is 0.221 e. The van der Waals surface area contributed by atoms with Gasteiger partial charge in [-0.2, -0.15) is 0 Å². The second-order valence-electron chi connectivity index (χ2n) is 2.99. The molecule has 15 heavy (non-hydrogen) atoms. The Morgan fingerprint density at radius 2 is 2.20 bits per heavy atom. The molecule has 4 nitrogen and oxygen atoms in total. The normalized spacial score (nSPS) is 12.1. The molecule has 1 unspecified atom stereocenters. The molecule has 1 amide bonds. The minimum atomic E-state index is -1.16. The Labute approximate surface area is 94.1 Å². The van der Waals surface area contributed by atoms with E-state index in [0.717, 1.165) is 0 Å². The minimum Gasteiger partial charge on any atom is -0.317 e. The summed E-state index contributed by atoms with van der Waals surface area (Å²) in [4.78, 5) is 22.4. The van der Waals surface area contributed by atoms with Crippen LogP contribution in [0.5, 0.6) is 0 Å². The lowest BCUT2D eigenvalue weighted by atomic mass is 10.2. The first-order valence-electron chi connectivity index (χ1n) is 4.19. The molecule has 0 aliphatic heterocycles. The summed E-state index contributed by atoms with van der Waals surface area (Å²) in [5.41, 5.74) is 0.436. The lowest BCUT2D eigenvalue weighted by Gasteiger charge is -2.01. The Hall–Kier alpha value is -1.01. The zero-order valence-corrected chi connectivity index (χ0v) is 10.0. The number of hydrogen-bond donors (Lipinski definition) is 1. The molecule has 0 bridgehead atoms. The van der Waals surface area contributed by atoms with Crippen molar-refractivity contribution in [2.45, 2.75) is 6.92 Å². The van der Waals surface area contributed by atoms with E-state index in [9.17, 15) is 13.8 Å². The Bertz CT molecular complexity index is 411. The van der Waals surface area contributed by atoms with Crippen molar-refractivity contribution in [3.63, 3.8) is 0 Å². The summed E-state index contributed by atoms with van der Waals surface area (Å²) in [5.74, 6) is -0.437. The highest BCUT2D eigenvalue weighted by Crippen LogP contribution is 2.23. The van der Waals surface area contributed by atoms with Crippen LogP contribution in [0.4, 0.5) is 5.00 Å². The van der Waals surface area contributed by atoms with E-state index in [0.29, 0.717) is 10.6 Å². The first-order chi connectivity index (χ1) is 7.00. The molecule has 1 atom stereocenters. The van der Waals surface area contributed by atoms with Crippen molar-refractivity contribution < 1.29 is 13.8 Å². The lowest BCUT2D eigenvalue weighted by Crippen LogP contribution is -2.13. The van der Waals surface area contributed by atoms with Crippen LogP contribution in [0.1, 0.15) is 17.3 Å². The average Bonchev–Trinajstić information content (AvgIpc) is 2.49. The number of amides is 1. The predicted octanol–water partition coefficient (Wildman–Crippen LogP) is 1.27. The number of thiophene rings is 1. The lowest BCUT2D eigenvalue weighted by molar-refractivity contribution is -0.114. The van der Waals surface area contributed by atoms with Crippen LogP contribution in [0.25, 0.3) is 0 Å². The van der Waals surface area contributed by atoms with E-state index in [1.54, 1.807) is 11.4 Å². The smallest absolute Gasteiger partial charge is 0.221 e. The fourth-order valence-electron chi connectivity index (χ4n) is 1.05. The van der Waals surface area contributed by atoms with Crippen molar-refractivity contribution in [3.05, 3.63) is 17.0 Å². The van der Waals surface area contributed by atoms with Crippen molar-refractivity contribution >= 4 is 38.8 Å². The number of carbonyl (C=O) groups is 2. The molecule has 0 aliphatic rings. The van der Waals surface area contributed by atoms with Crippen LogP contribution in [-0.4, -0.2) is 27.9 Å². The number of anilines is 1. The quantitative estimate of drug-likeness (QED) is 0.812. The van der Waals surface area contributed by atoms with E-state index >= 15 is 0 Å². The summed E-state index contributed by atoms with van der Waals surface area (Å²) in [6, 6.07) is 1.63. The maximum atomic E-state index is 11.6. The van der Waals surface area contributed by atoms with E-state index < -0.39 is 10.8 Å². The summed E-state index contributed by atoms with van der Waals surface area (Å²) in [5, 5.41) is 4.81. The molecule has 0 saturated heterocycles. The van der Waals surface area contributed by atoms with Gasteiger partial charge in [-0.25, -0.2) is 0 Å². The van der Waals surface area contributed by atoms with Crippen LogP contribution in [0.3, 0.4) is 0 Å². The van der Waals surface area contributed by atoms with Crippen molar-refractivity contribution in [3.8, 4) is 0 Å². The van der Waals surface area contributed by atoms with E-state index in [-0.39, 0.29) is 17.4 Å². The number of rotatable bonds is 4. The van der Waals surface area contributed by atoms with Gasteiger partial charge in [0.15, 0.2) is 5.78 Å². The summed E-state index contributed by atoms with van der Waals surface area (Å²) in [7, 11) is -1.16. The van der Waals surface area contributed by atoms with E-state index in [1.165, 1.54) is 24.5 Å². The van der Waals surface area contributed by atoms with Gasteiger partial charge in [-0.05, 0) is 11.4 Å². The van der Waals surface area contributed by atoms with Crippen molar-refractivity contribution in [2.24, 2.45) is 0 Å². The largest absolute Gasteiger partial charge is 0.317 e. The fraction of sp³-hybridized carbons (Fsp3) is 0.333. The zero-order chi connectivity index (χ0) is 11.4. The Morgan fingerprint density at radius 3 is 2.73 bits per heavy atom. The summed E-state index contributed by atoms with van der Waals surface area (Å²) < 4.78 is 10.9. The molecule has 0 saturated carbocycles. The van der Waals surface area contributed by atoms with E-state index in [4.69, 9.17) is 0 Å². The molecule has 82 valence electrons. The third-order valence-corrected chi connectivity index (χ3v) is 3.09. The highest BCUT2D eigenvalue weighted by molar-refractivity contribution is 7.85. The topological polar surface area (TPSA) is 63.2 Å². The summed E-state index contributed by atoms with van der Waals surface area (Å²) in [6.45, 7) is 1.38. The molecule has 1 aromatic heterocycles. The number of carbonyl (C=O) groups excluding carboxylic acids is 2. The number of Topliss-reactive ketones (excluding diaryl/α,β-unsaturated/α-hetero) is 1. The number of ketones is 1. The first-order valence-corrected chi connectivity index (χ1v) is 6.79. The third-order valence-electron chi connectivity index (χ3n) is 1.59. The molecule has 1 aromatic rings. The third kappa shape index (κ3) is 3.56. The van der Waals surface area contributed by atoms with Gasteiger partial charge in [0, 0.05) is 24.0 Å². The molecule has 0 fully saturated rings. The molecular formula is C9H11NO3S2. The predicted molar refractivity (Wildman–Crippen MR) is 61.9 cm³/mol. The first kappa shape index (κ1) is 12.1.